The minimum absolute atomic E-state index is 0.396. The van der Waals surface area contributed by atoms with Gasteiger partial charge in [0, 0.05) is 0 Å². The summed E-state index contributed by atoms with van der Waals surface area (Å²) >= 11 is 0. The zero-order valence-corrected chi connectivity index (χ0v) is 11.2. The van der Waals surface area contributed by atoms with Crippen LogP contribution in [0, 0.1) is 5.92 Å². The summed E-state index contributed by atoms with van der Waals surface area (Å²) in [6.45, 7) is 4.58. The molecule has 2 aliphatic rings. The summed E-state index contributed by atoms with van der Waals surface area (Å²) < 4.78 is 5.74. The van der Waals surface area contributed by atoms with Gasteiger partial charge in [-0.1, -0.05) is 18.6 Å². The van der Waals surface area contributed by atoms with Crippen LogP contribution in [0.15, 0.2) is 12.2 Å². The molecule has 0 amide bonds. The third-order valence-corrected chi connectivity index (χ3v) is 4.00. The fraction of sp³-hybridized carbons (Fsp3) is 0.867. The first kappa shape index (κ1) is 13.1. The topological polar surface area (TPSA) is 21.3 Å². The van der Waals surface area contributed by atoms with E-state index in [4.69, 9.17) is 4.74 Å². The van der Waals surface area contributed by atoms with Crippen molar-refractivity contribution in [3.63, 3.8) is 0 Å². The van der Waals surface area contributed by atoms with Gasteiger partial charge in [-0.2, -0.15) is 0 Å². The second-order valence-electron chi connectivity index (χ2n) is 5.63. The predicted molar refractivity (Wildman–Crippen MR) is 72.2 cm³/mol. The van der Waals surface area contributed by atoms with Crippen molar-refractivity contribution in [2.24, 2.45) is 5.92 Å². The molecule has 17 heavy (non-hydrogen) atoms. The molecule has 2 rings (SSSR count). The van der Waals surface area contributed by atoms with E-state index < -0.39 is 0 Å². The summed E-state index contributed by atoms with van der Waals surface area (Å²) in [5.74, 6) is 0.985. The van der Waals surface area contributed by atoms with E-state index in [0.717, 1.165) is 5.92 Å². The Morgan fingerprint density at radius 3 is 2.76 bits per heavy atom. The molecule has 0 aromatic carbocycles. The summed E-state index contributed by atoms with van der Waals surface area (Å²) in [7, 11) is 0. The summed E-state index contributed by atoms with van der Waals surface area (Å²) in [5, 5.41) is 3.56. The zero-order valence-electron chi connectivity index (χ0n) is 11.2. The first-order valence-corrected chi connectivity index (χ1v) is 7.37. The van der Waals surface area contributed by atoms with Crippen LogP contribution < -0.4 is 5.32 Å². The Labute approximate surface area is 106 Å². The van der Waals surface area contributed by atoms with E-state index in [9.17, 15) is 0 Å². The highest BCUT2D eigenvalue weighted by atomic mass is 16.5. The Morgan fingerprint density at radius 2 is 2.12 bits per heavy atom. The summed E-state index contributed by atoms with van der Waals surface area (Å²) in [6.07, 6.45) is 14.6. The molecule has 1 N–H and O–H groups in total. The van der Waals surface area contributed by atoms with E-state index in [1.165, 1.54) is 58.0 Å². The van der Waals surface area contributed by atoms with Gasteiger partial charge in [0.1, 0.15) is 0 Å². The smallest absolute Gasteiger partial charge is 0.0760 e. The lowest BCUT2D eigenvalue weighted by Crippen LogP contribution is -2.27. The molecule has 0 aromatic rings. The standard InChI is InChI=1S/C15H27NO/c1-13-9-10-15(17-13)8-3-2-4-11-16-12-14-6-5-7-14/h3,8,13-16H,2,4-7,9-12H2,1H3/b8-3+. The van der Waals surface area contributed by atoms with Crippen molar-refractivity contribution in [1.29, 1.82) is 0 Å². The minimum Gasteiger partial charge on any atom is -0.371 e. The first-order chi connectivity index (χ1) is 8.34. The maximum atomic E-state index is 5.74. The van der Waals surface area contributed by atoms with Gasteiger partial charge in [0.05, 0.1) is 12.2 Å². The van der Waals surface area contributed by atoms with Gasteiger partial charge in [-0.15, -0.1) is 0 Å². The monoisotopic (exact) mass is 237 g/mol. The molecule has 1 aliphatic carbocycles. The van der Waals surface area contributed by atoms with Crippen LogP contribution in [-0.4, -0.2) is 25.3 Å². The fourth-order valence-corrected chi connectivity index (χ4v) is 2.57. The van der Waals surface area contributed by atoms with Crippen LogP contribution in [0.1, 0.15) is 51.9 Å². The second-order valence-corrected chi connectivity index (χ2v) is 5.63. The molecule has 1 aliphatic heterocycles. The highest BCUT2D eigenvalue weighted by Crippen LogP contribution is 2.25. The highest BCUT2D eigenvalue weighted by molar-refractivity contribution is 4.92. The highest BCUT2D eigenvalue weighted by Gasteiger charge is 2.18. The Hall–Kier alpha value is -0.340. The van der Waals surface area contributed by atoms with Crippen molar-refractivity contribution in [3.8, 4) is 0 Å². The fourth-order valence-electron chi connectivity index (χ4n) is 2.57. The lowest BCUT2D eigenvalue weighted by molar-refractivity contribution is 0.0832. The number of nitrogens with one attached hydrogen (secondary N) is 1. The number of unbranched alkanes of at least 4 members (excludes halogenated alkanes) is 1. The van der Waals surface area contributed by atoms with E-state index in [-0.39, 0.29) is 0 Å². The number of hydrogen-bond acceptors (Lipinski definition) is 2. The van der Waals surface area contributed by atoms with E-state index in [0.29, 0.717) is 12.2 Å². The molecule has 0 bridgehead atoms. The molecule has 2 fully saturated rings. The second kappa shape index (κ2) is 7.17. The number of ether oxygens (including phenoxy) is 1. The lowest BCUT2D eigenvalue weighted by atomic mass is 9.85. The first-order valence-electron chi connectivity index (χ1n) is 7.37. The quantitative estimate of drug-likeness (QED) is 0.542. The SMILES string of the molecule is CC1CCC(/C=C/CCCNCC2CCC2)O1. The zero-order chi connectivity index (χ0) is 11.9. The maximum absolute atomic E-state index is 5.74. The normalized spacial score (nSPS) is 29.9. The third kappa shape index (κ3) is 4.81. The molecule has 1 heterocycles. The number of allylic oxidation sites excluding steroid dienone is 1. The van der Waals surface area contributed by atoms with Crippen molar-refractivity contribution < 1.29 is 4.74 Å². The summed E-state index contributed by atoms with van der Waals surface area (Å²) in [6, 6.07) is 0. The van der Waals surface area contributed by atoms with Crippen LogP contribution in [0.5, 0.6) is 0 Å². The molecular weight excluding hydrogens is 210 g/mol. The van der Waals surface area contributed by atoms with E-state index in [1.54, 1.807) is 0 Å². The average molecular weight is 237 g/mol. The lowest BCUT2D eigenvalue weighted by Gasteiger charge is -2.25. The number of hydrogen-bond donors (Lipinski definition) is 1. The van der Waals surface area contributed by atoms with Crippen LogP contribution in [0.4, 0.5) is 0 Å². The van der Waals surface area contributed by atoms with Gasteiger partial charge in [0.25, 0.3) is 0 Å². The van der Waals surface area contributed by atoms with E-state index in [1.807, 2.05) is 0 Å². The van der Waals surface area contributed by atoms with Crippen LogP contribution in [0.25, 0.3) is 0 Å². The molecular formula is C15H27NO. The van der Waals surface area contributed by atoms with Gasteiger partial charge in [-0.3, -0.25) is 0 Å². The Morgan fingerprint density at radius 1 is 1.24 bits per heavy atom. The molecule has 2 nitrogen and oxygen atoms in total. The van der Waals surface area contributed by atoms with Gasteiger partial charge in [-0.25, -0.2) is 0 Å². The van der Waals surface area contributed by atoms with Crippen molar-refractivity contribution >= 4 is 0 Å². The van der Waals surface area contributed by atoms with Crippen LogP contribution in [0.2, 0.25) is 0 Å². The van der Waals surface area contributed by atoms with Crippen molar-refractivity contribution in [1.82, 2.24) is 5.32 Å². The largest absolute Gasteiger partial charge is 0.371 e. The van der Waals surface area contributed by atoms with Gasteiger partial charge in [0.2, 0.25) is 0 Å². The van der Waals surface area contributed by atoms with Crippen LogP contribution >= 0.6 is 0 Å². The molecule has 98 valence electrons. The van der Waals surface area contributed by atoms with E-state index in [2.05, 4.69) is 24.4 Å². The summed E-state index contributed by atoms with van der Waals surface area (Å²) in [4.78, 5) is 0. The van der Waals surface area contributed by atoms with Crippen molar-refractivity contribution in [2.75, 3.05) is 13.1 Å². The molecule has 0 spiro atoms. The number of rotatable bonds is 7. The molecule has 0 radical (unpaired) electrons. The molecule has 2 atom stereocenters. The molecule has 2 unspecified atom stereocenters. The van der Waals surface area contributed by atoms with Crippen LogP contribution in [0.3, 0.4) is 0 Å². The molecule has 1 saturated heterocycles. The minimum atomic E-state index is 0.396. The third-order valence-electron chi connectivity index (χ3n) is 4.00. The average Bonchev–Trinajstić information content (AvgIpc) is 2.65. The van der Waals surface area contributed by atoms with Gasteiger partial charge >= 0.3 is 0 Å². The predicted octanol–water partition coefficient (Wildman–Crippen LogP) is 3.28. The molecule has 1 saturated carbocycles. The maximum Gasteiger partial charge on any atom is 0.0760 e. The van der Waals surface area contributed by atoms with Crippen molar-refractivity contribution in [3.05, 3.63) is 12.2 Å². The van der Waals surface area contributed by atoms with E-state index >= 15 is 0 Å². The Kier molecular flexibility index (Phi) is 5.53. The Balaban J connectivity index is 1.41. The molecule has 2 heteroatoms. The molecule has 0 aromatic heterocycles. The summed E-state index contributed by atoms with van der Waals surface area (Å²) in [5.41, 5.74) is 0. The van der Waals surface area contributed by atoms with Gasteiger partial charge < -0.3 is 10.1 Å². The van der Waals surface area contributed by atoms with Crippen molar-refractivity contribution in [2.45, 2.75) is 64.1 Å². The van der Waals surface area contributed by atoms with Gasteiger partial charge in [0.15, 0.2) is 0 Å². The Bertz CT molecular complexity index is 235. The van der Waals surface area contributed by atoms with Crippen LogP contribution in [-0.2, 0) is 4.74 Å². The van der Waals surface area contributed by atoms with Gasteiger partial charge in [-0.05, 0) is 64.5 Å².